The molecule has 0 bridgehead atoms. The molecule has 0 saturated heterocycles. The van der Waals surface area contributed by atoms with E-state index in [4.69, 9.17) is 0 Å². The molecule has 2 nitrogen and oxygen atoms in total. The van der Waals surface area contributed by atoms with Gasteiger partial charge in [-0.25, -0.2) is 0 Å². The molecule has 5 heteroatoms. The van der Waals surface area contributed by atoms with E-state index in [9.17, 15) is 4.79 Å². The third kappa shape index (κ3) is 3.51. The van der Waals surface area contributed by atoms with Crippen LogP contribution in [0.15, 0.2) is 43.7 Å². The summed E-state index contributed by atoms with van der Waals surface area (Å²) in [5.74, 6) is -0.127. The Morgan fingerprint density at radius 2 is 1.55 bits per heavy atom. The molecule has 2 rings (SSSR count). The number of carbonyl (C=O) groups excluding carboxylic acids is 1. The van der Waals surface area contributed by atoms with E-state index in [1.54, 1.807) is 6.07 Å². The Labute approximate surface area is 143 Å². The molecule has 0 fully saturated rings. The molecule has 0 heterocycles. The third-order valence-corrected chi connectivity index (χ3v) is 4.52. The van der Waals surface area contributed by atoms with Crippen LogP contribution >= 0.6 is 47.8 Å². The lowest BCUT2D eigenvalue weighted by molar-refractivity contribution is 0.102. The molecule has 2 aromatic carbocycles. The van der Waals surface area contributed by atoms with Gasteiger partial charge in [0.05, 0.1) is 5.56 Å². The van der Waals surface area contributed by atoms with Gasteiger partial charge in [-0.15, -0.1) is 0 Å². The monoisotopic (exact) mass is 459 g/mol. The highest BCUT2D eigenvalue weighted by Crippen LogP contribution is 2.27. The summed E-state index contributed by atoms with van der Waals surface area (Å²) in [5, 5.41) is 2.98. The molecule has 0 unspecified atom stereocenters. The molecule has 104 valence electrons. The number of rotatable bonds is 2. The highest BCUT2D eigenvalue weighted by atomic mass is 79.9. The van der Waals surface area contributed by atoms with Crippen molar-refractivity contribution in [3.63, 3.8) is 0 Å². The first-order valence-corrected chi connectivity index (χ1v) is 8.29. The van der Waals surface area contributed by atoms with Crippen LogP contribution in [0.4, 0.5) is 5.69 Å². The topological polar surface area (TPSA) is 29.1 Å². The lowest BCUT2D eigenvalue weighted by Crippen LogP contribution is -2.14. The van der Waals surface area contributed by atoms with Crippen molar-refractivity contribution < 1.29 is 4.79 Å². The van der Waals surface area contributed by atoms with E-state index in [1.807, 2.05) is 38.1 Å². The fourth-order valence-electron chi connectivity index (χ4n) is 1.96. The minimum Gasteiger partial charge on any atom is -0.321 e. The van der Waals surface area contributed by atoms with Gasteiger partial charge >= 0.3 is 0 Å². The average Bonchev–Trinajstić information content (AvgIpc) is 2.33. The lowest BCUT2D eigenvalue weighted by Gasteiger charge is -2.13. The van der Waals surface area contributed by atoms with Crippen LogP contribution in [0.2, 0.25) is 0 Å². The number of carbonyl (C=O) groups is 1. The van der Waals surface area contributed by atoms with E-state index in [-0.39, 0.29) is 5.91 Å². The molecular weight excluding hydrogens is 450 g/mol. The first kappa shape index (κ1) is 15.7. The number of nitrogens with one attached hydrogen (secondary N) is 1. The SMILES string of the molecule is Cc1cc(Br)cc(C)c1NC(=O)c1ccc(Br)cc1Br. The summed E-state index contributed by atoms with van der Waals surface area (Å²) >= 11 is 10.2. The van der Waals surface area contributed by atoms with Gasteiger partial charge in [0.1, 0.15) is 0 Å². The molecule has 20 heavy (non-hydrogen) atoms. The molecule has 0 radical (unpaired) electrons. The Morgan fingerprint density at radius 1 is 0.950 bits per heavy atom. The largest absolute Gasteiger partial charge is 0.321 e. The minimum atomic E-state index is -0.127. The Bertz CT molecular complexity index is 660. The zero-order chi connectivity index (χ0) is 14.9. The van der Waals surface area contributed by atoms with E-state index in [0.717, 1.165) is 30.2 Å². The number of halogens is 3. The number of anilines is 1. The molecule has 0 aliphatic heterocycles. The maximum absolute atomic E-state index is 12.4. The fourth-order valence-corrected chi connectivity index (χ4v) is 3.88. The highest BCUT2D eigenvalue weighted by Gasteiger charge is 2.13. The van der Waals surface area contributed by atoms with Gasteiger partial charge in [0.2, 0.25) is 0 Å². The molecule has 0 spiro atoms. The molecule has 1 amide bonds. The quantitative estimate of drug-likeness (QED) is 0.597. The van der Waals surface area contributed by atoms with Gasteiger partial charge in [0.15, 0.2) is 0 Å². The number of hydrogen-bond donors (Lipinski definition) is 1. The van der Waals surface area contributed by atoms with Crippen LogP contribution in [0.5, 0.6) is 0 Å². The van der Waals surface area contributed by atoms with Crippen molar-refractivity contribution in [3.8, 4) is 0 Å². The van der Waals surface area contributed by atoms with Crippen LogP contribution in [-0.2, 0) is 0 Å². The second kappa shape index (κ2) is 6.41. The Balaban J connectivity index is 2.33. The van der Waals surface area contributed by atoms with Crippen LogP contribution in [0.25, 0.3) is 0 Å². The van der Waals surface area contributed by atoms with Gasteiger partial charge in [-0.1, -0.05) is 31.9 Å². The number of benzene rings is 2. The Morgan fingerprint density at radius 3 is 2.10 bits per heavy atom. The summed E-state index contributed by atoms with van der Waals surface area (Å²) in [5.41, 5.74) is 3.51. The summed E-state index contributed by atoms with van der Waals surface area (Å²) in [4.78, 5) is 12.4. The van der Waals surface area contributed by atoms with Gasteiger partial charge < -0.3 is 5.32 Å². The standard InChI is InChI=1S/C15H12Br3NO/c1-8-5-11(17)6-9(2)14(8)19-15(20)12-4-3-10(16)7-13(12)18/h3-7H,1-2H3,(H,19,20). The fraction of sp³-hybridized carbons (Fsp3) is 0.133. The molecule has 1 N–H and O–H groups in total. The summed E-state index contributed by atoms with van der Waals surface area (Å²) < 4.78 is 2.70. The molecule has 0 aliphatic rings. The van der Waals surface area contributed by atoms with Gasteiger partial charge in [0, 0.05) is 19.1 Å². The second-order valence-corrected chi connectivity index (χ2v) is 7.18. The average molecular weight is 462 g/mol. The van der Waals surface area contributed by atoms with Crippen LogP contribution in [-0.4, -0.2) is 5.91 Å². The van der Waals surface area contributed by atoms with E-state index in [0.29, 0.717) is 5.56 Å². The predicted octanol–water partition coefficient (Wildman–Crippen LogP) is 5.84. The van der Waals surface area contributed by atoms with Crippen LogP contribution < -0.4 is 5.32 Å². The summed E-state index contributed by atoms with van der Waals surface area (Å²) in [6, 6.07) is 9.46. The molecule has 0 aliphatic carbocycles. The van der Waals surface area contributed by atoms with E-state index in [2.05, 4.69) is 53.1 Å². The van der Waals surface area contributed by atoms with E-state index < -0.39 is 0 Å². The zero-order valence-electron chi connectivity index (χ0n) is 10.9. The molecule has 2 aromatic rings. The van der Waals surface area contributed by atoms with Crippen molar-refractivity contribution >= 4 is 59.4 Å². The minimum absolute atomic E-state index is 0.127. The van der Waals surface area contributed by atoms with Crippen molar-refractivity contribution in [2.75, 3.05) is 5.32 Å². The maximum atomic E-state index is 12.4. The summed E-state index contributed by atoms with van der Waals surface area (Å²) in [6.07, 6.45) is 0. The van der Waals surface area contributed by atoms with Crippen molar-refractivity contribution in [1.29, 1.82) is 0 Å². The van der Waals surface area contributed by atoms with Crippen LogP contribution in [0.3, 0.4) is 0 Å². The van der Waals surface area contributed by atoms with Crippen molar-refractivity contribution in [1.82, 2.24) is 0 Å². The molecule has 0 aromatic heterocycles. The summed E-state index contributed by atoms with van der Waals surface area (Å²) in [7, 11) is 0. The predicted molar refractivity (Wildman–Crippen MR) is 93.4 cm³/mol. The van der Waals surface area contributed by atoms with Gasteiger partial charge in [-0.05, 0) is 71.2 Å². The van der Waals surface area contributed by atoms with Crippen molar-refractivity contribution in [2.45, 2.75) is 13.8 Å². The van der Waals surface area contributed by atoms with E-state index in [1.165, 1.54) is 0 Å². The molecule has 0 saturated carbocycles. The van der Waals surface area contributed by atoms with Crippen molar-refractivity contribution in [3.05, 3.63) is 60.4 Å². The van der Waals surface area contributed by atoms with Gasteiger partial charge in [0.25, 0.3) is 5.91 Å². The van der Waals surface area contributed by atoms with Crippen molar-refractivity contribution in [2.24, 2.45) is 0 Å². The van der Waals surface area contributed by atoms with Gasteiger partial charge in [-0.3, -0.25) is 4.79 Å². The zero-order valence-corrected chi connectivity index (χ0v) is 15.7. The first-order chi connectivity index (χ1) is 9.38. The number of hydrogen-bond acceptors (Lipinski definition) is 1. The van der Waals surface area contributed by atoms with E-state index >= 15 is 0 Å². The third-order valence-electron chi connectivity index (χ3n) is 2.91. The normalized spacial score (nSPS) is 10.4. The Hall–Kier alpha value is -0.650. The maximum Gasteiger partial charge on any atom is 0.256 e. The number of amides is 1. The summed E-state index contributed by atoms with van der Waals surface area (Å²) in [6.45, 7) is 3.95. The van der Waals surface area contributed by atoms with Gasteiger partial charge in [-0.2, -0.15) is 0 Å². The van der Waals surface area contributed by atoms with Crippen LogP contribution in [0, 0.1) is 13.8 Å². The second-order valence-electron chi connectivity index (χ2n) is 4.49. The lowest BCUT2D eigenvalue weighted by atomic mass is 10.1. The number of aryl methyl sites for hydroxylation is 2. The highest BCUT2D eigenvalue weighted by molar-refractivity contribution is 9.11. The van der Waals surface area contributed by atoms with Crippen LogP contribution in [0.1, 0.15) is 21.5 Å². The first-order valence-electron chi connectivity index (χ1n) is 5.91. The smallest absolute Gasteiger partial charge is 0.256 e. The molecular formula is C15H12Br3NO. The Kier molecular flexibility index (Phi) is 5.04. The molecule has 0 atom stereocenters.